The molecule has 2 heterocycles. The second-order valence-electron chi connectivity index (χ2n) is 4.12. The third-order valence-electron chi connectivity index (χ3n) is 2.95. The number of thiazole rings is 1. The first-order chi connectivity index (χ1) is 7.31. The fraction of sp³-hybridized carbons (Fsp3) is 0.727. The lowest BCUT2D eigenvalue weighted by Gasteiger charge is -2.18. The first-order valence-electron chi connectivity index (χ1n) is 5.54. The quantitative estimate of drug-likeness (QED) is 0.886. The highest BCUT2D eigenvalue weighted by molar-refractivity contribution is 7.99. The fourth-order valence-corrected chi connectivity index (χ4v) is 4.04. The number of rotatable bonds is 3. The van der Waals surface area contributed by atoms with Crippen molar-refractivity contribution in [3.05, 3.63) is 16.1 Å². The SMILES string of the molecule is CC(CN)c1cnc(C2CCSCC2)s1. The van der Waals surface area contributed by atoms with Gasteiger partial charge in [0.15, 0.2) is 0 Å². The third-order valence-corrected chi connectivity index (χ3v) is 5.39. The molecule has 0 saturated carbocycles. The van der Waals surface area contributed by atoms with E-state index in [1.165, 1.54) is 34.2 Å². The highest BCUT2D eigenvalue weighted by Gasteiger charge is 2.19. The maximum Gasteiger partial charge on any atom is 0.0959 e. The number of nitrogens with two attached hydrogens (primary N) is 1. The summed E-state index contributed by atoms with van der Waals surface area (Å²) in [6.45, 7) is 2.90. The van der Waals surface area contributed by atoms with E-state index in [9.17, 15) is 0 Å². The van der Waals surface area contributed by atoms with Crippen LogP contribution >= 0.6 is 23.1 Å². The van der Waals surface area contributed by atoms with Crippen molar-refractivity contribution in [1.29, 1.82) is 0 Å². The normalized spacial score (nSPS) is 20.4. The Balaban J connectivity index is 2.05. The van der Waals surface area contributed by atoms with Crippen molar-refractivity contribution in [2.45, 2.75) is 31.6 Å². The Kier molecular flexibility index (Phi) is 4.05. The van der Waals surface area contributed by atoms with Crippen molar-refractivity contribution in [3.8, 4) is 0 Å². The summed E-state index contributed by atoms with van der Waals surface area (Å²) in [7, 11) is 0. The van der Waals surface area contributed by atoms with Crippen molar-refractivity contribution in [3.63, 3.8) is 0 Å². The molecule has 15 heavy (non-hydrogen) atoms. The standard InChI is InChI=1S/C11H18N2S2/c1-8(6-12)10-7-13-11(15-10)9-2-4-14-5-3-9/h7-9H,2-6,12H2,1H3. The second kappa shape index (κ2) is 5.32. The van der Waals surface area contributed by atoms with Gasteiger partial charge in [-0.2, -0.15) is 11.8 Å². The molecule has 1 aliphatic heterocycles. The molecule has 84 valence electrons. The van der Waals surface area contributed by atoms with Gasteiger partial charge in [0.05, 0.1) is 5.01 Å². The molecule has 1 aromatic rings. The Morgan fingerprint density at radius 3 is 2.93 bits per heavy atom. The largest absolute Gasteiger partial charge is 0.330 e. The van der Waals surface area contributed by atoms with E-state index < -0.39 is 0 Å². The molecule has 2 rings (SSSR count). The highest BCUT2D eigenvalue weighted by atomic mass is 32.2. The number of thioether (sulfide) groups is 1. The van der Waals surface area contributed by atoms with Gasteiger partial charge < -0.3 is 5.73 Å². The molecule has 0 bridgehead atoms. The molecule has 0 aliphatic carbocycles. The summed E-state index contributed by atoms with van der Waals surface area (Å²) < 4.78 is 0. The summed E-state index contributed by atoms with van der Waals surface area (Å²) in [6, 6.07) is 0. The molecule has 0 spiro atoms. The number of hydrogen-bond donors (Lipinski definition) is 1. The number of hydrogen-bond acceptors (Lipinski definition) is 4. The van der Waals surface area contributed by atoms with E-state index in [4.69, 9.17) is 5.73 Å². The van der Waals surface area contributed by atoms with Crippen LogP contribution in [-0.2, 0) is 0 Å². The van der Waals surface area contributed by atoms with Crippen LogP contribution in [0.1, 0.15) is 41.5 Å². The van der Waals surface area contributed by atoms with Crippen molar-refractivity contribution in [1.82, 2.24) is 4.98 Å². The van der Waals surface area contributed by atoms with Gasteiger partial charge in [0, 0.05) is 22.9 Å². The van der Waals surface area contributed by atoms with Gasteiger partial charge in [-0.3, -0.25) is 0 Å². The monoisotopic (exact) mass is 242 g/mol. The second-order valence-corrected chi connectivity index (χ2v) is 6.44. The van der Waals surface area contributed by atoms with Crippen LogP contribution in [0.5, 0.6) is 0 Å². The van der Waals surface area contributed by atoms with Crippen molar-refractivity contribution in [2.75, 3.05) is 18.1 Å². The first-order valence-corrected chi connectivity index (χ1v) is 7.51. The molecule has 2 nitrogen and oxygen atoms in total. The molecule has 1 aliphatic rings. The molecule has 2 N–H and O–H groups in total. The summed E-state index contributed by atoms with van der Waals surface area (Å²) >= 11 is 3.94. The average Bonchev–Trinajstić information content (AvgIpc) is 2.78. The lowest BCUT2D eigenvalue weighted by atomic mass is 10.0. The molecule has 1 unspecified atom stereocenters. The maximum absolute atomic E-state index is 5.67. The molecule has 4 heteroatoms. The number of aromatic nitrogens is 1. The Labute approximate surface area is 99.7 Å². The van der Waals surface area contributed by atoms with E-state index in [0.717, 1.165) is 12.5 Å². The van der Waals surface area contributed by atoms with Gasteiger partial charge in [0.1, 0.15) is 0 Å². The van der Waals surface area contributed by atoms with Crippen molar-refractivity contribution < 1.29 is 0 Å². The van der Waals surface area contributed by atoms with Crippen LogP contribution in [0.3, 0.4) is 0 Å². The van der Waals surface area contributed by atoms with Gasteiger partial charge in [0.2, 0.25) is 0 Å². The van der Waals surface area contributed by atoms with Crippen LogP contribution in [-0.4, -0.2) is 23.0 Å². The van der Waals surface area contributed by atoms with Gasteiger partial charge in [-0.05, 0) is 30.9 Å². The fourth-order valence-electron chi connectivity index (χ4n) is 1.78. The van der Waals surface area contributed by atoms with E-state index >= 15 is 0 Å². The minimum absolute atomic E-state index is 0.467. The lowest BCUT2D eigenvalue weighted by molar-refractivity contribution is 0.633. The molecule has 0 radical (unpaired) electrons. The van der Waals surface area contributed by atoms with Crippen LogP contribution in [0.25, 0.3) is 0 Å². The van der Waals surface area contributed by atoms with Gasteiger partial charge in [-0.15, -0.1) is 11.3 Å². The summed E-state index contributed by atoms with van der Waals surface area (Å²) in [6.07, 6.45) is 4.63. The van der Waals surface area contributed by atoms with E-state index in [0.29, 0.717) is 5.92 Å². The van der Waals surface area contributed by atoms with Gasteiger partial charge in [0.25, 0.3) is 0 Å². The Bertz CT molecular complexity index is 305. The van der Waals surface area contributed by atoms with Crippen LogP contribution in [0, 0.1) is 0 Å². The minimum atomic E-state index is 0.467. The molecule has 1 aromatic heterocycles. The zero-order valence-corrected chi connectivity index (χ0v) is 10.7. The van der Waals surface area contributed by atoms with Crippen LogP contribution < -0.4 is 5.73 Å². The maximum atomic E-state index is 5.67. The molecule has 0 aromatic carbocycles. The Morgan fingerprint density at radius 1 is 1.53 bits per heavy atom. The Hall–Kier alpha value is -0.0600. The zero-order valence-electron chi connectivity index (χ0n) is 9.11. The van der Waals surface area contributed by atoms with E-state index in [1.54, 1.807) is 0 Å². The summed E-state index contributed by atoms with van der Waals surface area (Å²) in [5.41, 5.74) is 5.67. The molecular formula is C11H18N2S2. The van der Waals surface area contributed by atoms with Crippen LogP contribution in [0.2, 0.25) is 0 Å². The molecule has 1 atom stereocenters. The number of nitrogens with zero attached hydrogens (tertiary/aromatic N) is 1. The van der Waals surface area contributed by atoms with Gasteiger partial charge >= 0.3 is 0 Å². The summed E-state index contributed by atoms with van der Waals surface area (Å²) in [4.78, 5) is 5.92. The van der Waals surface area contributed by atoms with Crippen molar-refractivity contribution in [2.24, 2.45) is 5.73 Å². The average molecular weight is 242 g/mol. The Morgan fingerprint density at radius 2 is 2.27 bits per heavy atom. The first kappa shape index (κ1) is 11.4. The minimum Gasteiger partial charge on any atom is -0.330 e. The van der Waals surface area contributed by atoms with Crippen molar-refractivity contribution >= 4 is 23.1 Å². The predicted molar refractivity (Wildman–Crippen MR) is 68.9 cm³/mol. The summed E-state index contributed by atoms with van der Waals surface area (Å²) in [5, 5.41) is 1.34. The van der Waals surface area contributed by atoms with E-state index in [2.05, 4.69) is 23.7 Å². The van der Waals surface area contributed by atoms with Crippen LogP contribution in [0.4, 0.5) is 0 Å². The van der Waals surface area contributed by atoms with Gasteiger partial charge in [-0.1, -0.05) is 6.92 Å². The third kappa shape index (κ3) is 2.74. The summed E-state index contributed by atoms with van der Waals surface area (Å²) in [5.74, 6) is 3.78. The predicted octanol–water partition coefficient (Wildman–Crippen LogP) is 2.82. The van der Waals surface area contributed by atoms with E-state index in [-0.39, 0.29) is 0 Å². The zero-order chi connectivity index (χ0) is 10.7. The van der Waals surface area contributed by atoms with E-state index in [1.807, 2.05) is 17.5 Å². The smallest absolute Gasteiger partial charge is 0.0959 e. The molecular weight excluding hydrogens is 224 g/mol. The lowest BCUT2D eigenvalue weighted by Crippen LogP contribution is -2.07. The van der Waals surface area contributed by atoms with Crippen LogP contribution in [0.15, 0.2) is 6.20 Å². The molecule has 1 fully saturated rings. The molecule has 0 amide bonds. The van der Waals surface area contributed by atoms with Gasteiger partial charge in [-0.25, -0.2) is 4.98 Å². The highest BCUT2D eigenvalue weighted by Crippen LogP contribution is 2.35. The molecule has 1 saturated heterocycles. The topological polar surface area (TPSA) is 38.9 Å².